The van der Waals surface area contributed by atoms with Crippen molar-refractivity contribution in [1.82, 2.24) is 10.2 Å². The second kappa shape index (κ2) is 9.86. The molecule has 2 heterocycles. The highest BCUT2D eigenvalue weighted by atomic mass is 16.5. The van der Waals surface area contributed by atoms with Gasteiger partial charge in [-0.2, -0.15) is 0 Å². The monoisotopic (exact) mass is 421 g/mol. The first-order chi connectivity index (χ1) is 15.1. The summed E-state index contributed by atoms with van der Waals surface area (Å²) < 4.78 is 5.47. The minimum atomic E-state index is -0.159. The number of anilines is 1. The largest absolute Gasteiger partial charge is 0.494 e. The van der Waals surface area contributed by atoms with Crippen LogP contribution in [0.3, 0.4) is 0 Å². The first-order valence-corrected chi connectivity index (χ1v) is 11.2. The molecule has 2 saturated heterocycles. The van der Waals surface area contributed by atoms with Crippen LogP contribution in [0.1, 0.15) is 31.7 Å². The standard InChI is InChI=1S/C25H31N3O3/c1-2-31-23-10-8-22(9-11-23)28-18-21(17-24(28)29)26-25(30)27-14-12-20(13-15-27)16-19-6-4-3-5-7-19/h3-11,20-21H,2,12-18H2,1H3,(H,26,30)/t21-/m0/s1. The van der Waals surface area contributed by atoms with Gasteiger partial charge in [0.25, 0.3) is 0 Å². The Balaban J connectivity index is 1.25. The average molecular weight is 422 g/mol. The number of ether oxygens (including phenoxy) is 1. The number of hydrogen-bond donors (Lipinski definition) is 1. The number of nitrogens with one attached hydrogen (secondary N) is 1. The molecule has 0 aliphatic carbocycles. The second-order valence-corrected chi connectivity index (χ2v) is 8.40. The molecule has 0 saturated carbocycles. The van der Waals surface area contributed by atoms with Crippen LogP contribution in [0.5, 0.6) is 5.75 Å². The van der Waals surface area contributed by atoms with Crippen molar-refractivity contribution >= 4 is 17.6 Å². The van der Waals surface area contributed by atoms with Crippen molar-refractivity contribution in [1.29, 1.82) is 0 Å². The van der Waals surface area contributed by atoms with E-state index in [9.17, 15) is 9.59 Å². The number of rotatable bonds is 6. The number of benzene rings is 2. The maximum Gasteiger partial charge on any atom is 0.317 e. The van der Waals surface area contributed by atoms with Gasteiger partial charge in [-0.15, -0.1) is 0 Å². The number of amides is 3. The van der Waals surface area contributed by atoms with Gasteiger partial charge >= 0.3 is 6.03 Å². The van der Waals surface area contributed by atoms with Gasteiger partial charge in [-0.3, -0.25) is 4.79 Å². The summed E-state index contributed by atoms with van der Waals surface area (Å²) >= 11 is 0. The fourth-order valence-corrected chi connectivity index (χ4v) is 4.50. The second-order valence-electron chi connectivity index (χ2n) is 8.40. The van der Waals surface area contributed by atoms with E-state index in [-0.39, 0.29) is 18.0 Å². The van der Waals surface area contributed by atoms with E-state index in [0.29, 0.717) is 25.5 Å². The molecule has 31 heavy (non-hydrogen) atoms. The van der Waals surface area contributed by atoms with Crippen LogP contribution in [0, 0.1) is 5.92 Å². The molecule has 0 spiro atoms. The topological polar surface area (TPSA) is 61.9 Å². The molecule has 2 fully saturated rings. The summed E-state index contributed by atoms with van der Waals surface area (Å²) in [4.78, 5) is 28.9. The molecule has 4 rings (SSSR count). The predicted molar refractivity (Wildman–Crippen MR) is 121 cm³/mol. The van der Waals surface area contributed by atoms with E-state index in [4.69, 9.17) is 4.74 Å². The molecule has 164 valence electrons. The number of carbonyl (C=O) groups is 2. The first kappa shape index (κ1) is 21.2. The Labute approximate surface area is 184 Å². The van der Waals surface area contributed by atoms with Gasteiger partial charge in [0, 0.05) is 31.7 Å². The van der Waals surface area contributed by atoms with Crippen LogP contribution < -0.4 is 15.0 Å². The van der Waals surface area contributed by atoms with Gasteiger partial charge in [0.15, 0.2) is 0 Å². The van der Waals surface area contributed by atoms with Crippen LogP contribution in [0.15, 0.2) is 54.6 Å². The number of hydrogen-bond acceptors (Lipinski definition) is 3. The van der Waals surface area contributed by atoms with E-state index in [1.54, 1.807) is 4.90 Å². The molecular formula is C25H31N3O3. The van der Waals surface area contributed by atoms with Gasteiger partial charge in [0.1, 0.15) is 5.75 Å². The molecule has 1 N–H and O–H groups in total. The molecule has 2 aliphatic heterocycles. The van der Waals surface area contributed by atoms with Crippen molar-refractivity contribution in [3.63, 3.8) is 0 Å². The van der Waals surface area contributed by atoms with Crippen molar-refractivity contribution in [3.05, 3.63) is 60.2 Å². The highest BCUT2D eigenvalue weighted by Gasteiger charge is 2.33. The van der Waals surface area contributed by atoms with Crippen molar-refractivity contribution in [2.75, 3.05) is 31.1 Å². The molecule has 2 aromatic rings. The lowest BCUT2D eigenvalue weighted by molar-refractivity contribution is -0.117. The molecule has 1 atom stereocenters. The van der Waals surface area contributed by atoms with Crippen LogP contribution in [0.2, 0.25) is 0 Å². The number of carbonyl (C=O) groups excluding carboxylic acids is 2. The molecule has 0 unspecified atom stereocenters. The van der Waals surface area contributed by atoms with Gasteiger partial charge in [0.05, 0.1) is 12.6 Å². The Kier molecular flexibility index (Phi) is 6.75. The third-order valence-electron chi connectivity index (χ3n) is 6.18. The summed E-state index contributed by atoms with van der Waals surface area (Å²) in [5.74, 6) is 1.45. The maximum absolute atomic E-state index is 12.8. The van der Waals surface area contributed by atoms with E-state index in [1.165, 1.54) is 5.56 Å². The first-order valence-electron chi connectivity index (χ1n) is 11.2. The Morgan fingerprint density at radius 1 is 1.06 bits per heavy atom. The van der Waals surface area contributed by atoms with Crippen molar-refractivity contribution < 1.29 is 14.3 Å². The molecule has 0 radical (unpaired) electrons. The van der Waals surface area contributed by atoms with Crippen LogP contribution in [0.4, 0.5) is 10.5 Å². The maximum atomic E-state index is 12.8. The predicted octanol–water partition coefficient (Wildman–Crippen LogP) is 3.85. The minimum absolute atomic E-state index is 0.0380. The van der Waals surface area contributed by atoms with E-state index >= 15 is 0 Å². The van der Waals surface area contributed by atoms with Gasteiger partial charge in [0.2, 0.25) is 5.91 Å². The van der Waals surface area contributed by atoms with E-state index in [0.717, 1.165) is 43.8 Å². The zero-order valence-corrected chi connectivity index (χ0v) is 18.1. The molecule has 6 nitrogen and oxygen atoms in total. The van der Waals surface area contributed by atoms with Gasteiger partial charge in [-0.1, -0.05) is 30.3 Å². The molecule has 6 heteroatoms. The molecule has 2 aliphatic rings. The number of likely N-dealkylation sites (tertiary alicyclic amines) is 1. The van der Waals surface area contributed by atoms with E-state index < -0.39 is 0 Å². The van der Waals surface area contributed by atoms with Crippen molar-refractivity contribution in [2.45, 2.75) is 38.6 Å². The molecule has 0 bridgehead atoms. The lowest BCUT2D eigenvalue weighted by Gasteiger charge is -2.33. The quantitative estimate of drug-likeness (QED) is 0.771. The number of nitrogens with zero attached hydrogens (tertiary/aromatic N) is 2. The number of piperidine rings is 1. The summed E-state index contributed by atoms with van der Waals surface area (Å²) in [6.45, 7) is 4.60. The Morgan fingerprint density at radius 3 is 2.45 bits per heavy atom. The summed E-state index contributed by atoms with van der Waals surface area (Å²) in [6, 6.07) is 17.9. The third kappa shape index (κ3) is 5.37. The number of urea groups is 1. The smallest absolute Gasteiger partial charge is 0.317 e. The van der Waals surface area contributed by atoms with Crippen molar-refractivity contribution in [2.24, 2.45) is 5.92 Å². The van der Waals surface area contributed by atoms with Gasteiger partial charge in [-0.05, 0) is 61.9 Å². The van der Waals surface area contributed by atoms with Gasteiger partial charge < -0.3 is 19.9 Å². The summed E-state index contributed by atoms with van der Waals surface area (Å²) in [7, 11) is 0. The van der Waals surface area contributed by atoms with Crippen LogP contribution in [0.25, 0.3) is 0 Å². The van der Waals surface area contributed by atoms with Crippen LogP contribution in [-0.2, 0) is 11.2 Å². The molecule has 3 amide bonds. The van der Waals surface area contributed by atoms with Crippen LogP contribution >= 0.6 is 0 Å². The Hall–Kier alpha value is -3.02. The van der Waals surface area contributed by atoms with E-state index in [2.05, 4.69) is 29.6 Å². The van der Waals surface area contributed by atoms with E-state index in [1.807, 2.05) is 42.2 Å². The molecular weight excluding hydrogens is 390 g/mol. The van der Waals surface area contributed by atoms with Gasteiger partial charge in [-0.25, -0.2) is 4.79 Å². The van der Waals surface area contributed by atoms with Crippen molar-refractivity contribution in [3.8, 4) is 5.75 Å². The highest BCUT2D eigenvalue weighted by Crippen LogP contribution is 2.25. The summed E-state index contributed by atoms with van der Waals surface area (Å²) in [5, 5.41) is 3.07. The zero-order chi connectivity index (χ0) is 21.6. The fraction of sp³-hybridized carbons (Fsp3) is 0.440. The molecule has 2 aromatic carbocycles. The summed E-state index contributed by atoms with van der Waals surface area (Å²) in [5.41, 5.74) is 2.20. The molecule has 0 aromatic heterocycles. The van der Waals surface area contributed by atoms with Crippen LogP contribution in [-0.4, -0.2) is 49.1 Å². The summed E-state index contributed by atoms with van der Waals surface area (Å²) in [6.07, 6.45) is 3.45. The zero-order valence-electron chi connectivity index (χ0n) is 18.1. The minimum Gasteiger partial charge on any atom is -0.494 e. The Bertz CT molecular complexity index is 877. The SMILES string of the molecule is CCOc1ccc(N2C[C@@H](NC(=O)N3CCC(Cc4ccccc4)CC3)CC2=O)cc1. The lowest BCUT2D eigenvalue weighted by Crippen LogP contribution is -2.48. The average Bonchev–Trinajstić information content (AvgIpc) is 3.15. The Morgan fingerprint density at radius 2 is 1.77 bits per heavy atom. The fourth-order valence-electron chi connectivity index (χ4n) is 4.50. The highest BCUT2D eigenvalue weighted by molar-refractivity contribution is 5.96. The third-order valence-corrected chi connectivity index (χ3v) is 6.18. The normalized spacial score (nSPS) is 19.5. The lowest BCUT2D eigenvalue weighted by atomic mass is 9.90.